The van der Waals surface area contributed by atoms with E-state index >= 15 is 0 Å². The zero-order valence-corrected chi connectivity index (χ0v) is 13.0. The number of hydrogen-bond donors (Lipinski definition) is 0. The molecule has 21 heavy (non-hydrogen) atoms. The fraction of sp³-hybridized carbons (Fsp3) is 0.368. The molecule has 0 aromatic heterocycles. The largest absolute Gasteiger partial charge is 0.369 e. The maximum absolute atomic E-state index is 2.55. The summed E-state index contributed by atoms with van der Waals surface area (Å²) in [6.07, 6.45) is 0. The molecule has 3 rings (SSSR count). The van der Waals surface area contributed by atoms with Crippen LogP contribution in [-0.4, -0.2) is 31.1 Å². The molecule has 110 valence electrons. The molecule has 2 heteroatoms. The minimum Gasteiger partial charge on any atom is -0.369 e. The first kappa shape index (κ1) is 14.2. The summed E-state index contributed by atoms with van der Waals surface area (Å²) in [5.41, 5.74) is 5.44. The Morgan fingerprint density at radius 3 is 1.81 bits per heavy atom. The summed E-state index contributed by atoms with van der Waals surface area (Å²) in [5.74, 6) is 0. The monoisotopic (exact) mass is 280 g/mol. The van der Waals surface area contributed by atoms with Crippen molar-refractivity contribution in [3.05, 3.63) is 65.2 Å². The van der Waals surface area contributed by atoms with Gasteiger partial charge in [0.1, 0.15) is 0 Å². The van der Waals surface area contributed by atoms with Gasteiger partial charge < -0.3 is 4.90 Å². The fourth-order valence-corrected chi connectivity index (χ4v) is 2.87. The molecule has 0 aliphatic carbocycles. The molecule has 0 N–H and O–H groups in total. The second-order valence-corrected chi connectivity index (χ2v) is 6.08. The normalized spacial score (nSPS) is 16.2. The van der Waals surface area contributed by atoms with Crippen LogP contribution in [0.4, 0.5) is 5.69 Å². The molecule has 2 nitrogen and oxygen atoms in total. The standard InChI is InChI=1S/C19H24N2/c1-16-3-7-18(8-4-16)15-20-11-13-21(14-12-20)19-9-5-17(2)6-10-19/h3-10H,11-15H2,1-2H3. The maximum atomic E-state index is 2.55. The van der Waals surface area contributed by atoms with Gasteiger partial charge >= 0.3 is 0 Å². The zero-order chi connectivity index (χ0) is 14.7. The van der Waals surface area contributed by atoms with Gasteiger partial charge in [0.2, 0.25) is 0 Å². The second kappa shape index (κ2) is 6.31. The molecule has 1 saturated heterocycles. The van der Waals surface area contributed by atoms with Crippen molar-refractivity contribution in [1.29, 1.82) is 0 Å². The summed E-state index contributed by atoms with van der Waals surface area (Å²) in [7, 11) is 0. The van der Waals surface area contributed by atoms with Crippen molar-refractivity contribution >= 4 is 5.69 Å². The van der Waals surface area contributed by atoms with E-state index in [9.17, 15) is 0 Å². The molecule has 0 amide bonds. The van der Waals surface area contributed by atoms with E-state index in [4.69, 9.17) is 0 Å². The van der Waals surface area contributed by atoms with Crippen molar-refractivity contribution in [3.63, 3.8) is 0 Å². The molecule has 0 bridgehead atoms. The summed E-state index contributed by atoms with van der Waals surface area (Å²) in [6.45, 7) is 9.88. The average Bonchev–Trinajstić information content (AvgIpc) is 2.51. The van der Waals surface area contributed by atoms with Gasteiger partial charge in [-0.05, 0) is 31.5 Å². The highest BCUT2D eigenvalue weighted by Gasteiger charge is 2.17. The number of aryl methyl sites for hydroxylation is 2. The van der Waals surface area contributed by atoms with Crippen LogP contribution < -0.4 is 4.90 Å². The Labute approximate surface area is 128 Å². The maximum Gasteiger partial charge on any atom is 0.0367 e. The highest BCUT2D eigenvalue weighted by atomic mass is 15.3. The van der Waals surface area contributed by atoms with Crippen molar-refractivity contribution < 1.29 is 0 Å². The fourth-order valence-electron chi connectivity index (χ4n) is 2.87. The molecule has 2 aromatic carbocycles. The van der Waals surface area contributed by atoms with Crippen LogP contribution in [0.15, 0.2) is 48.5 Å². The highest BCUT2D eigenvalue weighted by molar-refractivity contribution is 5.47. The van der Waals surface area contributed by atoms with Gasteiger partial charge in [0.15, 0.2) is 0 Å². The molecule has 1 fully saturated rings. The molecule has 0 radical (unpaired) electrons. The van der Waals surface area contributed by atoms with E-state index in [0.717, 1.165) is 32.7 Å². The van der Waals surface area contributed by atoms with E-state index < -0.39 is 0 Å². The molecule has 0 atom stereocenters. The van der Waals surface area contributed by atoms with E-state index in [1.807, 2.05) is 0 Å². The van der Waals surface area contributed by atoms with Gasteiger partial charge in [0.05, 0.1) is 0 Å². The Bertz CT molecular complexity index is 564. The zero-order valence-electron chi connectivity index (χ0n) is 13.0. The van der Waals surface area contributed by atoms with Crippen molar-refractivity contribution in [2.45, 2.75) is 20.4 Å². The quantitative estimate of drug-likeness (QED) is 0.847. The lowest BCUT2D eigenvalue weighted by Crippen LogP contribution is -2.45. The van der Waals surface area contributed by atoms with Gasteiger partial charge in [-0.25, -0.2) is 0 Å². The first-order chi connectivity index (χ1) is 10.2. The molecular weight excluding hydrogens is 256 g/mol. The average molecular weight is 280 g/mol. The second-order valence-electron chi connectivity index (χ2n) is 6.08. The van der Waals surface area contributed by atoms with Crippen molar-refractivity contribution in [2.24, 2.45) is 0 Å². The van der Waals surface area contributed by atoms with E-state index in [-0.39, 0.29) is 0 Å². The minimum absolute atomic E-state index is 1.07. The third-order valence-electron chi connectivity index (χ3n) is 4.30. The van der Waals surface area contributed by atoms with Crippen LogP contribution in [0, 0.1) is 13.8 Å². The smallest absolute Gasteiger partial charge is 0.0367 e. The lowest BCUT2D eigenvalue weighted by Gasteiger charge is -2.36. The molecule has 0 spiro atoms. The van der Waals surface area contributed by atoms with Crippen LogP contribution in [0.1, 0.15) is 16.7 Å². The van der Waals surface area contributed by atoms with Crippen LogP contribution in [-0.2, 0) is 6.54 Å². The third kappa shape index (κ3) is 3.64. The Morgan fingerprint density at radius 1 is 0.714 bits per heavy atom. The summed E-state index contributed by atoms with van der Waals surface area (Å²) < 4.78 is 0. The molecule has 1 aliphatic rings. The number of anilines is 1. The highest BCUT2D eigenvalue weighted by Crippen LogP contribution is 2.18. The Balaban J connectivity index is 1.55. The number of hydrogen-bond acceptors (Lipinski definition) is 2. The Kier molecular flexibility index (Phi) is 4.26. The topological polar surface area (TPSA) is 6.48 Å². The van der Waals surface area contributed by atoms with Gasteiger partial charge in [0.25, 0.3) is 0 Å². The predicted octanol–water partition coefficient (Wildman–Crippen LogP) is 3.63. The van der Waals surface area contributed by atoms with Crippen LogP contribution in [0.3, 0.4) is 0 Å². The summed E-state index contributed by atoms with van der Waals surface area (Å²) >= 11 is 0. The number of rotatable bonds is 3. The van der Waals surface area contributed by atoms with E-state index in [1.165, 1.54) is 22.4 Å². The van der Waals surface area contributed by atoms with Gasteiger partial charge in [-0.3, -0.25) is 4.90 Å². The third-order valence-corrected chi connectivity index (χ3v) is 4.30. The lowest BCUT2D eigenvalue weighted by atomic mass is 10.1. The molecular formula is C19H24N2. The molecule has 0 saturated carbocycles. The summed E-state index contributed by atoms with van der Waals surface area (Å²) in [6, 6.07) is 17.8. The van der Waals surface area contributed by atoms with Crippen molar-refractivity contribution in [1.82, 2.24) is 4.90 Å². The molecule has 0 unspecified atom stereocenters. The van der Waals surface area contributed by atoms with Gasteiger partial charge in [-0.2, -0.15) is 0 Å². The van der Waals surface area contributed by atoms with Gasteiger partial charge in [-0.1, -0.05) is 47.5 Å². The molecule has 1 heterocycles. The van der Waals surface area contributed by atoms with E-state index in [0.29, 0.717) is 0 Å². The molecule has 1 aliphatic heterocycles. The van der Waals surface area contributed by atoms with Crippen LogP contribution >= 0.6 is 0 Å². The first-order valence-corrected chi connectivity index (χ1v) is 7.80. The number of benzene rings is 2. The summed E-state index contributed by atoms with van der Waals surface area (Å²) in [4.78, 5) is 5.04. The van der Waals surface area contributed by atoms with E-state index in [2.05, 4.69) is 72.2 Å². The van der Waals surface area contributed by atoms with Crippen LogP contribution in [0.5, 0.6) is 0 Å². The van der Waals surface area contributed by atoms with Crippen LogP contribution in [0.2, 0.25) is 0 Å². The van der Waals surface area contributed by atoms with E-state index in [1.54, 1.807) is 0 Å². The van der Waals surface area contributed by atoms with Gasteiger partial charge in [0, 0.05) is 38.4 Å². The summed E-state index contributed by atoms with van der Waals surface area (Å²) in [5, 5.41) is 0. The Hall–Kier alpha value is -1.80. The SMILES string of the molecule is Cc1ccc(CN2CCN(c3ccc(C)cc3)CC2)cc1. The van der Waals surface area contributed by atoms with Crippen molar-refractivity contribution in [2.75, 3.05) is 31.1 Å². The minimum atomic E-state index is 1.07. The van der Waals surface area contributed by atoms with Crippen molar-refractivity contribution in [3.8, 4) is 0 Å². The first-order valence-electron chi connectivity index (χ1n) is 7.80. The van der Waals surface area contributed by atoms with Crippen LogP contribution in [0.25, 0.3) is 0 Å². The number of piperazine rings is 1. The molecule has 2 aromatic rings. The Morgan fingerprint density at radius 2 is 1.24 bits per heavy atom. The van der Waals surface area contributed by atoms with Gasteiger partial charge in [-0.15, -0.1) is 0 Å². The lowest BCUT2D eigenvalue weighted by molar-refractivity contribution is 0.250. The predicted molar refractivity (Wildman–Crippen MR) is 89.8 cm³/mol. The number of nitrogens with zero attached hydrogens (tertiary/aromatic N) is 2.